The maximum absolute atomic E-state index is 11.9. The van der Waals surface area contributed by atoms with E-state index in [9.17, 15) is 4.79 Å². The van der Waals surface area contributed by atoms with Gasteiger partial charge in [0.05, 0.1) is 12.2 Å². The van der Waals surface area contributed by atoms with E-state index in [0.29, 0.717) is 18.7 Å². The lowest BCUT2D eigenvalue weighted by atomic mass is 10.1. The summed E-state index contributed by atoms with van der Waals surface area (Å²) in [7, 11) is 0. The second-order valence-corrected chi connectivity index (χ2v) is 4.96. The van der Waals surface area contributed by atoms with Crippen molar-refractivity contribution >= 4 is 5.97 Å². The van der Waals surface area contributed by atoms with E-state index in [2.05, 4.69) is 12.1 Å². The molecule has 0 atom stereocenters. The molecule has 0 aromatic heterocycles. The van der Waals surface area contributed by atoms with Gasteiger partial charge in [0.1, 0.15) is 0 Å². The Labute approximate surface area is 125 Å². The lowest BCUT2D eigenvalue weighted by Crippen LogP contribution is -2.08. The van der Waals surface area contributed by atoms with Crippen LogP contribution in [-0.4, -0.2) is 19.1 Å². The second-order valence-electron chi connectivity index (χ2n) is 4.96. The predicted octanol–water partition coefficient (Wildman–Crippen LogP) is 2.98. The van der Waals surface area contributed by atoms with Crippen molar-refractivity contribution in [1.82, 2.24) is 0 Å². The van der Waals surface area contributed by atoms with Crippen molar-refractivity contribution in [2.75, 3.05) is 13.2 Å². The minimum Gasteiger partial charge on any atom is -0.462 e. The van der Waals surface area contributed by atoms with E-state index in [-0.39, 0.29) is 5.97 Å². The molecule has 0 aliphatic heterocycles. The fourth-order valence-electron chi connectivity index (χ4n) is 2.14. The van der Waals surface area contributed by atoms with E-state index in [1.54, 1.807) is 12.1 Å². The maximum atomic E-state index is 11.9. The molecule has 0 fully saturated rings. The molecule has 0 aliphatic carbocycles. The number of rotatable bonds is 7. The van der Waals surface area contributed by atoms with Crippen molar-refractivity contribution in [3.05, 3.63) is 71.3 Å². The quantitative estimate of drug-likeness (QED) is 0.628. The number of carbonyl (C=O) groups is 1. The number of benzene rings is 2. The van der Waals surface area contributed by atoms with Gasteiger partial charge in [0.25, 0.3) is 0 Å². The zero-order valence-corrected chi connectivity index (χ0v) is 12.1. The summed E-state index contributed by atoms with van der Waals surface area (Å²) in [6.45, 7) is 1.06. The smallest absolute Gasteiger partial charge is 0.338 e. The van der Waals surface area contributed by atoms with Gasteiger partial charge >= 0.3 is 5.97 Å². The molecule has 2 aromatic rings. The van der Waals surface area contributed by atoms with Crippen LogP contribution >= 0.6 is 0 Å². The van der Waals surface area contributed by atoms with Crippen LogP contribution in [0.3, 0.4) is 0 Å². The third-order valence-electron chi connectivity index (χ3n) is 3.31. The largest absolute Gasteiger partial charge is 0.462 e. The minimum atomic E-state index is -0.262. The summed E-state index contributed by atoms with van der Waals surface area (Å²) in [5.41, 5.74) is 8.49. The van der Waals surface area contributed by atoms with Crippen molar-refractivity contribution in [2.45, 2.75) is 19.3 Å². The van der Waals surface area contributed by atoms with Gasteiger partial charge in [0.15, 0.2) is 0 Å². The fourth-order valence-corrected chi connectivity index (χ4v) is 2.14. The zero-order chi connectivity index (χ0) is 14.9. The van der Waals surface area contributed by atoms with E-state index < -0.39 is 0 Å². The third-order valence-corrected chi connectivity index (χ3v) is 3.31. The highest BCUT2D eigenvalue weighted by Crippen LogP contribution is 2.07. The van der Waals surface area contributed by atoms with Crippen LogP contribution < -0.4 is 5.73 Å². The van der Waals surface area contributed by atoms with E-state index in [0.717, 1.165) is 24.8 Å². The van der Waals surface area contributed by atoms with E-state index in [1.807, 2.05) is 30.3 Å². The Morgan fingerprint density at radius 2 is 1.57 bits per heavy atom. The summed E-state index contributed by atoms with van der Waals surface area (Å²) in [6.07, 6.45) is 2.58. The van der Waals surface area contributed by atoms with Crippen molar-refractivity contribution in [2.24, 2.45) is 5.73 Å². The molecule has 0 bridgehead atoms. The minimum absolute atomic E-state index is 0.262. The Morgan fingerprint density at radius 1 is 0.905 bits per heavy atom. The van der Waals surface area contributed by atoms with E-state index >= 15 is 0 Å². The monoisotopic (exact) mass is 283 g/mol. The SMILES string of the molecule is NCCc1ccc(C(=O)OCCCc2ccccc2)cc1. The van der Waals surface area contributed by atoms with Gasteiger partial charge in [-0.05, 0) is 49.1 Å². The predicted molar refractivity (Wildman–Crippen MR) is 84.2 cm³/mol. The molecular weight excluding hydrogens is 262 g/mol. The molecule has 0 spiro atoms. The molecule has 2 N–H and O–H groups in total. The Balaban J connectivity index is 1.74. The molecule has 3 nitrogen and oxygen atoms in total. The van der Waals surface area contributed by atoms with Crippen LogP contribution in [0.25, 0.3) is 0 Å². The number of hydrogen-bond acceptors (Lipinski definition) is 3. The molecule has 0 radical (unpaired) electrons. The molecule has 110 valence electrons. The highest BCUT2D eigenvalue weighted by atomic mass is 16.5. The average Bonchev–Trinajstić information content (AvgIpc) is 2.53. The van der Waals surface area contributed by atoms with Crippen molar-refractivity contribution in [3.8, 4) is 0 Å². The fraction of sp³-hybridized carbons (Fsp3) is 0.278. The van der Waals surface area contributed by atoms with Gasteiger partial charge in [0, 0.05) is 0 Å². The van der Waals surface area contributed by atoms with Gasteiger partial charge in [-0.3, -0.25) is 0 Å². The van der Waals surface area contributed by atoms with Gasteiger partial charge in [0.2, 0.25) is 0 Å². The summed E-state index contributed by atoms with van der Waals surface area (Å²) in [6, 6.07) is 17.6. The number of nitrogens with two attached hydrogens (primary N) is 1. The molecule has 2 rings (SSSR count). The maximum Gasteiger partial charge on any atom is 0.338 e. The number of esters is 1. The molecule has 3 heteroatoms. The Hall–Kier alpha value is -2.13. The van der Waals surface area contributed by atoms with Gasteiger partial charge in [-0.2, -0.15) is 0 Å². The van der Waals surface area contributed by atoms with Gasteiger partial charge < -0.3 is 10.5 Å². The number of aryl methyl sites for hydroxylation is 1. The highest BCUT2D eigenvalue weighted by Gasteiger charge is 2.06. The molecule has 0 heterocycles. The first-order chi connectivity index (χ1) is 10.3. The molecule has 0 amide bonds. The average molecular weight is 283 g/mol. The zero-order valence-electron chi connectivity index (χ0n) is 12.1. The van der Waals surface area contributed by atoms with Crippen molar-refractivity contribution in [1.29, 1.82) is 0 Å². The molecule has 21 heavy (non-hydrogen) atoms. The Morgan fingerprint density at radius 3 is 2.24 bits per heavy atom. The molecule has 0 saturated heterocycles. The lowest BCUT2D eigenvalue weighted by molar-refractivity contribution is 0.0500. The van der Waals surface area contributed by atoms with Crippen LogP contribution in [-0.2, 0) is 17.6 Å². The van der Waals surface area contributed by atoms with Crippen LogP contribution in [0.4, 0.5) is 0 Å². The molecule has 0 aliphatic rings. The highest BCUT2D eigenvalue weighted by molar-refractivity contribution is 5.89. The lowest BCUT2D eigenvalue weighted by Gasteiger charge is -2.06. The molecule has 0 unspecified atom stereocenters. The van der Waals surface area contributed by atoms with Gasteiger partial charge in [-0.15, -0.1) is 0 Å². The summed E-state index contributed by atoms with van der Waals surface area (Å²) in [4.78, 5) is 11.9. The van der Waals surface area contributed by atoms with E-state index in [1.165, 1.54) is 5.56 Å². The first-order valence-electron chi connectivity index (χ1n) is 7.29. The topological polar surface area (TPSA) is 52.3 Å². The first kappa shape index (κ1) is 15.3. The van der Waals surface area contributed by atoms with Crippen LogP contribution in [0.5, 0.6) is 0 Å². The molecular formula is C18H21NO2. The van der Waals surface area contributed by atoms with Gasteiger partial charge in [-0.1, -0.05) is 42.5 Å². The number of ether oxygens (including phenoxy) is 1. The Bertz CT molecular complexity index is 549. The summed E-state index contributed by atoms with van der Waals surface area (Å²) in [5.74, 6) is -0.262. The Kier molecular flexibility index (Phi) is 5.98. The number of hydrogen-bond donors (Lipinski definition) is 1. The second kappa shape index (κ2) is 8.22. The standard InChI is InChI=1S/C18H21NO2/c19-13-12-16-8-10-17(11-9-16)18(20)21-14-4-7-15-5-2-1-3-6-15/h1-3,5-6,8-11H,4,7,12-14,19H2. The van der Waals surface area contributed by atoms with Crippen LogP contribution in [0.2, 0.25) is 0 Å². The summed E-state index contributed by atoms with van der Waals surface area (Å²) >= 11 is 0. The van der Waals surface area contributed by atoms with Crippen molar-refractivity contribution < 1.29 is 9.53 Å². The first-order valence-corrected chi connectivity index (χ1v) is 7.29. The summed E-state index contributed by atoms with van der Waals surface area (Å²) < 4.78 is 5.29. The van der Waals surface area contributed by atoms with E-state index in [4.69, 9.17) is 10.5 Å². The van der Waals surface area contributed by atoms with Gasteiger partial charge in [-0.25, -0.2) is 4.79 Å². The molecule has 2 aromatic carbocycles. The third kappa shape index (κ3) is 5.04. The normalized spacial score (nSPS) is 10.3. The summed E-state index contributed by atoms with van der Waals surface area (Å²) in [5, 5.41) is 0. The van der Waals surface area contributed by atoms with Crippen molar-refractivity contribution in [3.63, 3.8) is 0 Å². The molecule has 0 saturated carbocycles. The van der Waals surface area contributed by atoms with Crippen LogP contribution in [0.1, 0.15) is 27.9 Å². The van der Waals surface area contributed by atoms with Crippen LogP contribution in [0.15, 0.2) is 54.6 Å². The number of carbonyl (C=O) groups excluding carboxylic acids is 1. The van der Waals surface area contributed by atoms with Crippen LogP contribution in [0, 0.1) is 0 Å².